The number of carbonyl (C=O) groups is 1. The smallest absolute Gasteiger partial charge is 0.308 e. The van der Waals surface area contributed by atoms with Crippen LogP contribution in [0.15, 0.2) is 61.1 Å². The van der Waals surface area contributed by atoms with Crippen LogP contribution in [-0.2, 0) is 6.18 Å². The fourth-order valence-electron chi connectivity index (χ4n) is 2.83. The van der Waals surface area contributed by atoms with Gasteiger partial charge in [0.15, 0.2) is 5.69 Å². The van der Waals surface area contributed by atoms with Gasteiger partial charge in [-0.05, 0) is 24.3 Å². The van der Waals surface area contributed by atoms with E-state index >= 15 is 0 Å². The monoisotopic (exact) mass is 389 g/mol. The molecule has 1 aromatic carbocycles. The van der Waals surface area contributed by atoms with Crippen LogP contribution < -0.4 is 5.32 Å². The number of rotatable bonds is 3. The van der Waals surface area contributed by atoms with Gasteiger partial charge in [-0.3, -0.25) is 9.20 Å². The van der Waals surface area contributed by atoms with Crippen molar-refractivity contribution in [1.82, 2.24) is 19.2 Å². The molecule has 10 heteroatoms. The van der Waals surface area contributed by atoms with Crippen LogP contribution in [0.4, 0.5) is 23.4 Å². The van der Waals surface area contributed by atoms with Gasteiger partial charge in [0.05, 0.1) is 11.8 Å². The van der Waals surface area contributed by atoms with Gasteiger partial charge in [0, 0.05) is 12.4 Å². The number of imidazole rings is 1. The van der Waals surface area contributed by atoms with E-state index in [4.69, 9.17) is 0 Å². The van der Waals surface area contributed by atoms with E-state index in [1.807, 2.05) is 0 Å². The number of fused-ring (bicyclic) bond motifs is 1. The molecule has 28 heavy (non-hydrogen) atoms. The summed E-state index contributed by atoms with van der Waals surface area (Å²) in [5.74, 6) is -1.70. The van der Waals surface area contributed by atoms with E-state index in [-0.39, 0.29) is 5.82 Å². The van der Waals surface area contributed by atoms with Crippen LogP contribution in [-0.4, -0.2) is 25.1 Å². The molecule has 0 radical (unpaired) electrons. The quantitative estimate of drug-likeness (QED) is 0.540. The van der Waals surface area contributed by atoms with E-state index < -0.39 is 34.8 Å². The van der Waals surface area contributed by atoms with E-state index in [9.17, 15) is 22.4 Å². The molecule has 4 rings (SSSR count). The average Bonchev–Trinajstić information content (AvgIpc) is 3.29. The lowest BCUT2D eigenvalue weighted by Crippen LogP contribution is -2.21. The maximum Gasteiger partial charge on any atom is 0.434 e. The van der Waals surface area contributed by atoms with Crippen molar-refractivity contribution in [3.05, 3.63) is 78.1 Å². The summed E-state index contributed by atoms with van der Waals surface area (Å²) in [6.07, 6.45) is -1.13. The van der Waals surface area contributed by atoms with Crippen molar-refractivity contribution in [3.63, 3.8) is 0 Å². The maximum atomic E-state index is 14.0. The highest BCUT2D eigenvalue weighted by Gasteiger charge is 2.41. The second-order valence-corrected chi connectivity index (χ2v) is 5.79. The molecule has 1 N–H and O–H groups in total. The van der Waals surface area contributed by atoms with E-state index in [1.54, 1.807) is 18.3 Å². The van der Waals surface area contributed by atoms with Crippen molar-refractivity contribution in [2.24, 2.45) is 0 Å². The molecule has 0 spiro atoms. The first kappa shape index (κ1) is 17.7. The highest BCUT2D eigenvalue weighted by Crippen LogP contribution is 2.34. The average molecular weight is 389 g/mol. The standard InChI is InChI=1S/C18H11F4N5O/c19-12-4-1-2-5-13(12)27-16(18(20,21)22)11(10-24-27)17(28)25-15-7-3-6-14-23-8-9-26(14)15/h1-10H,(H,25,28). The number of benzene rings is 1. The van der Waals surface area contributed by atoms with Crippen LogP contribution in [0.25, 0.3) is 11.3 Å². The summed E-state index contributed by atoms with van der Waals surface area (Å²) in [5.41, 5.74) is -2.00. The highest BCUT2D eigenvalue weighted by molar-refractivity contribution is 6.04. The Morgan fingerprint density at radius 2 is 1.86 bits per heavy atom. The molecule has 1 amide bonds. The molecular weight excluding hydrogens is 378 g/mol. The number of aromatic nitrogens is 4. The molecular formula is C18H11F4N5O. The number of nitrogens with one attached hydrogen (secondary N) is 1. The normalized spacial score (nSPS) is 11.7. The zero-order valence-corrected chi connectivity index (χ0v) is 14.0. The van der Waals surface area contributed by atoms with Crippen LogP contribution in [0.3, 0.4) is 0 Å². The Balaban J connectivity index is 1.79. The summed E-state index contributed by atoms with van der Waals surface area (Å²) >= 11 is 0. The fourth-order valence-corrected chi connectivity index (χ4v) is 2.83. The Bertz CT molecular complexity index is 1180. The van der Waals surface area contributed by atoms with Crippen LogP contribution in [0.2, 0.25) is 0 Å². The van der Waals surface area contributed by atoms with Gasteiger partial charge >= 0.3 is 6.18 Å². The lowest BCUT2D eigenvalue weighted by atomic mass is 10.2. The molecule has 0 saturated carbocycles. The Morgan fingerprint density at radius 1 is 1.07 bits per heavy atom. The first-order valence-electron chi connectivity index (χ1n) is 8.00. The summed E-state index contributed by atoms with van der Waals surface area (Å²) < 4.78 is 56.9. The second kappa shape index (κ2) is 6.48. The molecule has 0 saturated heterocycles. The number of alkyl halides is 3. The van der Waals surface area contributed by atoms with E-state index in [1.165, 1.54) is 28.8 Å². The van der Waals surface area contributed by atoms with Crippen molar-refractivity contribution in [3.8, 4) is 5.69 Å². The third-order valence-corrected chi connectivity index (χ3v) is 4.03. The van der Waals surface area contributed by atoms with Gasteiger partial charge in [0.1, 0.15) is 23.0 Å². The number of hydrogen-bond acceptors (Lipinski definition) is 3. The lowest BCUT2D eigenvalue weighted by molar-refractivity contribution is -0.143. The van der Waals surface area contributed by atoms with Crippen molar-refractivity contribution < 1.29 is 22.4 Å². The molecule has 3 aromatic heterocycles. The second-order valence-electron chi connectivity index (χ2n) is 5.79. The predicted octanol–water partition coefficient (Wildman–Crippen LogP) is 3.93. The lowest BCUT2D eigenvalue weighted by Gasteiger charge is -2.13. The molecule has 4 aromatic rings. The van der Waals surface area contributed by atoms with Gasteiger partial charge < -0.3 is 5.32 Å². The third-order valence-electron chi connectivity index (χ3n) is 4.03. The van der Waals surface area contributed by atoms with Crippen molar-refractivity contribution in [2.75, 3.05) is 5.32 Å². The topological polar surface area (TPSA) is 64.2 Å². The number of hydrogen-bond donors (Lipinski definition) is 1. The zero-order chi connectivity index (χ0) is 19.9. The number of nitrogens with zero attached hydrogens (tertiary/aromatic N) is 4. The van der Waals surface area contributed by atoms with Crippen LogP contribution in [0.5, 0.6) is 0 Å². The molecule has 3 heterocycles. The molecule has 0 unspecified atom stereocenters. The molecule has 142 valence electrons. The fraction of sp³-hybridized carbons (Fsp3) is 0.0556. The van der Waals surface area contributed by atoms with Gasteiger partial charge in [0.25, 0.3) is 5.91 Å². The Morgan fingerprint density at radius 3 is 2.61 bits per heavy atom. The SMILES string of the molecule is O=C(Nc1cccc2nccn12)c1cnn(-c2ccccc2F)c1C(F)(F)F. The third kappa shape index (κ3) is 2.98. The maximum absolute atomic E-state index is 14.0. The molecule has 0 aliphatic carbocycles. The number of amides is 1. The number of carbonyl (C=O) groups excluding carboxylic acids is 1. The summed E-state index contributed by atoms with van der Waals surface area (Å²) in [6, 6.07) is 9.66. The summed E-state index contributed by atoms with van der Waals surface area (Å²) in [7, 11) is 0. The minimum atomic E-state index is -4.94. The largest absolute Gasteiger partial charge is 0.434 e. The van der Waals surface area contributed by atoms with E-state index in [2.05, 4.69) is 15.4 Å². The summed E-state index contributed by atoms with van der Waals surface area (Å²) in [6.45, 7) is 0. The van der Waals surface area contributed by atoms with Crippen LogP contribution >= 0.6 is 0 Å². The van der Waals surface area contributed by atoms with Crippen LogP contribution in [0.1, 0.15) is 16.1 Å². The number of pyridine rings is 1. The van der Waals surface area contributed by atoms with Crippen LogP contribution in [0, 0.1) is 5.82 Å². The van der Waals surface area contributed by atoms with Gasteiger partial charge in [-0.1, -0.05) is 18.2 Å². The summed E-state index contributed by atoms with van der Waals surface area (Å²) in [5, 5.41) is 6.02. The molecule has 0 fully saturated rings. The molecule has 0 aliphatic heterocycles. The minimum Gasteiger partial charge on any atom is -0.308 e. The number of halogens is 4. The van der Waals surface area contributed by atoms with Crippen molar-refractivity contribution >= 4 is 17.4 Å². The first-order valence-corrected chi connectivity index (χ1v) is 8.00. The van der Waals surface area contributed by atoms with Gasteiger partial charge in [-0.15, -0.1) is 0 Å². The van der Waals surface area contributed by atoms with Gasteiger partial charge in [-0.25, -0.2) is 14.1 Å². The van der Waals surface area contributed by atoms with Gasteiger partial charge in [-0.2, -0.15) is 18.3 Å². The Hall–Kier alpha value is -3.69. The Kier molecular flexibility index (Phi) is 4.10. The Labute approximate surface area is 155 Å². The number of para-hydroxylation sites is 1. The minimum absolute atomic E-state index is 0.228. The molecule has 0 atom stereocenters. The number of anilines is 1. The highest BCUT2D eigenvalue weighted by atomic mass is 19.4. The summed E-state index contributed by atoms with van der Waals surface area (Å²) in [4.78, 5) is 16.6. The van der Waals surface area contributed by atoms with Gasteiger partial charge in [0.2, 0.25) is 0 Å². The van der Waals surface area contributed by atoms with Crippen molar-refractivity contribution in [2.45, 2.75) is 6.18 Å². The molecule has 0 bridgehead atoms. The predicted molar refractivity (Wildman–Crippen MR) is 91.7 cm³/mol. The van der Waals surface area contributed by atoms with E-state index in [0.29, 0.717) is 10.3 Å². The van der Waals surface area contributed by atoms with Crippen molar-refractivity contribution in [1.29, 1.82) is 0 Å². The zero-order valence-electron chi connectivity index (χ0n) is 14.0. The molecule has 0 aliphatic rings. The van der Waals surface area contributed by atoms with E-state index in [0.717, 1.165) is 18.3 Å². The first-order chi connectivity index (χ1) is 13.4. The molecule has 6 nitrogen and oxygen atoms in total.